The van der Waals surface area contributed by atoms with Crippen molar-refractivity contribution in [2.75, 3.05) is 26.7 Å². The van der Waals surface area contributed by atoms with Crippen LogP contribution in [0.2, 0.25) is 5.02 Å². The van der Waals surface area contributed by atoms with E-state index in [1.54, 1.807) is 12.1 Å². The van der Waals surface area contributed by atoms with Crippen molar-refractivity contribution in [3.8, 4) is 0 Å². The maximum Gasteiger partial charge on any atom is 0.165 e. The minimum Gasteiger partial charge on any atom is -0.377 e. The van der Waals surface area contributed by atoms with E-state index in [2.05, 4.69) is 20.8 Å². The number of Topliss-reactive ketones (excluding diaryl/α,β-unsaturated/α-hetero) is 1. The molecule has 1 saturated heterocycles. The lowest BCUT2D eigenvalue weighted by atomic mass is 10.1. The van der Waals surface area contributed by atoms with Gasteiger partial charge in [0, 0.05) is 36.2 Å². The molecule has 0 bridgehead atoms. The Bertz CT molecular complexity index is 489. The number of rotatable bonds is 6. The summed E-state index contributed by atoms with van der Waals surface area (Å²) in [6, 6.07) is 5.38. The van der Waals surface area contributed by atoms with E-state index < -0.39 is 0 Å². The first-order valence-corrected chi connectivity index (χ1v) is 8.52. The summed E-state index contributed by atoms with van der Waals surface area (Å²) in [5.74, 6) is 0.0870. The van der Waals surface area contributed by atoms with Gasteiger partial charge in [0.15, 0.2) is 5.78 Å². The van der Waals surface area contributed by atoms with Crippen LogP contribution < -0.4 is 0 Å². The number of carbonyl (C=O) groups is 1. The van der Waals surface area contributed by atoms with Crippen LogP contribution in [-0.2, 0) is 4.74 Å². The molecule has 1 fully saturated rings. The zero-order chi connectivity index (χ0) is 15.2. The van der Waals surface area contributed by atoms with Crippen LogP contribution in [0.25, 0.3) is 0 Å². The maximum atomic E-state index is 12.2. The quantitative estimate of drug-likeness (QED) is 0.700. The molecule has 2 rings (SSSR count). The Hall–Kier alpha value is -0.420. The van der Waals surface area contributed by atoms with Crippen molar-refractivity contribution in [1.29, 1.82) is 0 Å². The number of halogens is 2. The Morgan fingerprint density at radius 1 is 1.48 bits per heavy atom. The molecule has 1 aromatic carbocycles. The van der Waals surface area contributed by atoms with Crippen molar-refractivity contribution in [2.45, 2.75) is 31.8 Å². The van der Waals surface area contributed by atoms with Gasteiger partial charge in [0.2, 0.25) is 0 Å². The van der Waals surface area contributed by atoms with Gasteiger partial charge in [-0.1, -0.05) is 27.5 Å². The first kappa shape index (κ1) is 16.9. The van der Waals surface area contributed by atoms with Crippen molar-refractivity contribution in [1.82, 2.24) is 4.90 Å². The van der Waals surface area contributed by atoms with Gasteiger partial charge in [-0.05, 0) is 44.5 Å². The lowest BCUT2D eigenvalue weighted by Crippen LogP contribution is -2.34. The van der Waals surface area contributed by atoms with E-state index >= 15 is 0 Å². The average molecular weight is 375 g/mol. The smallest absolute Gasteiger partial charge is 0.165 e. The highest BCUT2D eigenvalue weighted by Crippen LogP contribution is 2.22. The predicted molar refractivity (Wildman–Crippen MR) is 89.2 cm³/mol. The lowest BCUT2D eigenvalue weighted by Gasteiger charge is -2.27. The van der Waals surface area contributed by atoms with Crippen LogP contribution in [-0.4, -0.2) is 43.5 Å². The summed E-state index contributed by atoms with van der Waals surface area (Å²) in [6.07, 6.45) is 4.32. The highest BCUT2D eigenvalue weighted by Gasteiger charge is 2.17. The van der Waals surface area contributed by atoms with Gasteiger partial charge in [-0.25, -0.2) is 0 Å². The molecule has 21 heavy (non-hydrogen) atoms. The topological polar surface area (TPSA) is 29.5 Å². The van der Waals surface area contributed by atoms with Crippen molar-refractivity contribution in [2.24, 2.45) is 0 Å². The molecule has 0 saturated carbocycles. The van der Waals surface area contributed by atoms with Crippen LogP contribution in [0.3, 0.4) is 0 Å². The number of nitrogens with zero attached hydrogens (tertiary/aromatic N) is 1. The third-order valence-electron chi connectivity index (χ3n) is 3.74. The van der Waals surface area contributed by atoms with Crippen LogP contribution in [0, 0.1) is 0 Å². The summed E-state index contributed by atoms with van der Waals surface area (Å²) in [4.78, 5) is 14.4. The van der Waals surface area contributed by atoms with Gasteiger partial charge in [0.05, 0.1) is 11.1 Å². The summed E-state index contributed by atoms with van der Waals surface area (Å²) < 4.78 is 6.60. The van der Waals surface area contributed by atoms with Crippen molar-refractivity contribution < 1.29 is 9.53 Å². The third-order valence-corrected chi connectivity index (χ3v) is 4.55. The maximum absolute atomic E-state index is 12.2. The Balaban J connectivity index is 1.80. The molecule has 1 unspecified atom stereocenters. The summed E-state index contributed by atoms with van der Waals surface area (Å²) >= 11 is 9.46. The van der Waals surface area contributed by atoms with Gasteiger partial charge in [0.25, 0.3) is 0 Å². The zero-order valence-electron chi connectivity index (χ0n) is 12.3. The first-order valence-electron chi connectivity index (χ1n) is 7.34. The van der Waals surface area contributed by atoms with E-state index in [4.69, 9.17) is 16.3 Å². The molecule has 0 aliphatic carbocycles. The first-order chi connectivity index (χ1) is 10.1. The highest BCUT2D eigenvalue weighted by molar-refractivity contribution is 9.10. The molecular formula is C16H21BrClNO2. The van der Waals surface area contributed by atoms with Gasteiger partial charge in [-0.15, -0.1) is 0 Å². The summed E-state index contributed by atoms with van der Waals surface area (Å²) in [5.41, 5.74) is 0.599. The van der Waals surface area contributed by atoms with Gasteiger partial charge in [-0.2, -0.15) is 0 Å². The fourth-order valence-corrected chi connectivity index (χ4v) is 3.31. The molecule has 1 aliphatic heterocycles. The molecule has 0 amide bonds. The van der Waals surface area contributed by atoms with Crippen LogP contribution >= 0.6 is 27.5 Å². The standard InChI is InChI=1S/C16H21BrClNO2/c1-19(11-13-4-2-3-9-21-13)8-7-16(20)14-6-5-12(17)10-15(14)18/h5-6,10,13H,2-4,7-9,11H2,1H3. The number of hydrogen-bond acceptors (Lipinski definition) is 3. The molecule has 1 heterocycles. The van der Waals surface area contributed by atoms with Gasteiger partial charge < -0.3 is 9.64 Å². The van der Waals surface area contributed by atoms with Crippen molar-refractivity contribution >= 4 is 33.3 Å². The Morgan fingerprint density at radius 2 is 2.29 bits per heavy atom. The third kappa shape index (κ3) is 5.37. The molecule has 116 valence electrons. The van der Waals surface area contributed by atoms with E-state index in [0.717, 1.165) is 30.6 Å². The second-order valence-electron chi connectivity index (χ2n) is 5.55. The molecule has 0 N–H and O–H groups in total. The molecule has 0 radical (unpaired) electrons. The molecule has 1 aromatic rings. The summed E-state index contributed by atoms with van der Waals surface area (Å²) in [6.45, 7) is 2.48. The van der Waals surface area contributed by atoms with E-state index in [0.29, 0.717) is 23.1 Å². The van der Waals surface area contributed by atoms with E-state index in [1.165, 1.54) is 12.8 Å². The van der Waals surface area contributed by atoms with Gasteiger partial charge in [-0.3, -0.25) is 4.79 Å². The van der Waals surface area contributed by atoms with E-state index in [9.17, 15) is 4.79 Å². The Kier molecular flexibility index (Phi) is 6.68. The summed E-state index contributed by atoms with van der Waals surface area (Å²) in [7, 11) is 2.04. The zero-order valence-corrected chi connectivity index (χ0v) is 14.6. The summed E-state index contributed by atoms with van der Waals surface area (Å²) in [5, 5.41) is 0.507. The number of ether oxygens (including phenoxy) is 1. The minimum absolute atomic E-state index is 0.0870. The monoisotopic (exact) mass is 373 g/mol. The number of carbonyl (C=O) groups excluding carboxylic acids is 1. The number of benzene rings is 1. The molecule has 1 aliphatic rings. The number of ketones is 1. The molecule has 0 aromatic heterocycles. The molecule has 0 spiro atoms. The van der Waals surface area contributed by atoms with Crippen molar-refractivity contribution in [3.05, 3.63) is 33.3 Å². The SMILES string of the molecule is CN(CCC(=O)c1ccc(Br)cc1Cl)CC1CCCCO1. The number of hydrogen-bond donors (Lipinski definition) is 0. The minimum atomic E-state index is 0.0870. The largest absolute Gasteiger partial charge is 0.377 e. The Labute approximate surface area is 139 Å². The van der Waals surface area contributed by atoms with Crippen molar-refractivity contribution in [3.63, 3.8) is 0 Å². The van der Waals surface area contributed by atoms with Crippen LogP contribution in [0.15, 0.2) is 22.7 Å². The highest BCUT2D eigenvalue weighted by atomic mass is 79.9. The second-order valence-corrected chi connectivity index (χ2v) is 6.87. The van der Waals surface area contributed by atoms with Crippen LogP contribution in [0.5, 0.6) is 0 Å². The van der Waals surface area contributed by atoms with Gasteiger partial charge in [0.1, 0.15) is 0 Å². The molecule has 5 heteroatoms. The molecule has 1 atom stereocenters. The normalized spacial score (nSPS) is 19.0. The second kappa shape index (κ2) is 8.28. The predicted octanol–water partition coefficient (Wildman–Crippen LogP) is 4.18. The lowest BCUT2D eigenvalue weighted by molar-refractivity contribution is -0.00144. The van der Waals surface area contributed by atoms with E-state index in [-0.39, 0.29) is 5.78 Å². The van der Waals surface area contributed by atoms with E-state index in [1.807, 2.05) is 13.1 Å². The Morgan fingerprint density at radius 3 is 2.95 bits per heavy atom. The molecular weight excluding hydrogens is 354 g/mol. The fraction of sp³-hybridized carbons (Fsp3) is 0.562. The average Bonchev–Trinajstić information content (AvgIpc) is 2.46. The number of likely N-dealkylation sites (N-methyl/N-ethyl adjacent to an activating group) is 1. The van der Waals surface area contributed by atoms with Crippen LogP contribution in [0.1, 0.15) is 36.0 Å². The fourth-order valence-electron chi connectivity index (χ4n) is 2.53. The van der Waals surface area contributed by atoms with Gasteiger partial charge >= 0.3 is 0 Å². The molecule has 3 nitrogen and oxygen atoms in total. The van der Waals surface area contributed by atoms with Crippen LogP contribution in [0.4, 0.5) is 0 Å².